The Bertz CT molecular complexity index is 543. The highest BCUT2D eigenvalue weighted by atomic mass is 16.5. The molecule has 0 radical (unpaired) electrons. The van der Waals surface area contributed by atoms with Gasteiger partial charge in [-0.2, -0.15) is 0 Å². The van der Waals surface area contributed by atoms with Crippen LogP contribution in [0.2, 0.25) is 0 Å². The molecule has 1 aromatic rings. The molecular weight excluding hydrogens is 270 g/mol. The van der Waals surface area contributed by atoms with Crippen molar-refractivity contribution in [2.45, 2.75) is 19.4 Å². The number of rotatable bonds is 5. The third-order valence-corrected chi connectivity index (χ3v) is 3.21. The van der Waals surface area contributed by atoms with E-state index < -0.39 is 6.10 Å². The standard InChI is InChI=1S/C15H21N3O3/c1-10-4-5-12-11(8-10)17-15(20)13(21-12)9-14(19)16-6-7-18(2)3/h4-5,8,13H,6-7,9H2,1-3H3,(H,16,19)(H,17,20)/t13-/m0/s1. The molecule has 6 heteroatoms. The van der Waals surface area contributed by atoms with Crippen LogP contribution in [0.3, 0.4) is 0 Å². The average molecular weight is 291 g/mol. The number of ether oxygens (including phenoxy) is 1. The first-order chi connectivity index (χ1) is 9.95. The van der Waals surface area contributed by atoms with Gasteiger partial charge in [0.15, 0.2) is 6.10 Å². The number of aryl methyl sites for hydroxylation is 1. The summed E-state index contributed by atoms with van der Waals surface area (Å²) in [5, 5.41) is 5.55. The topological polar surface area (TPSA) is 70.7 Å². The highest BCUT2D eigenvalue weighted by molar-refractivity contribution is 6.00. The molecule has 0 bridgehead atoms. The lowest BCUT2D eigenvalue weighted by Crippen LogP contribution is -2.42. The van der Waals surface area contributed by atoms with Crippen molar-refractivity contribution in [2.24, 2.45) is 0 Å². The Hall–Kier alpha value is -2.08. The molecule has 21 heavy (non-hydrogen) atoms. The van der Waals surface area contributed by atoms with Crippen molar-refractivity contribution in [3.8, 4) is 5.75 Å². The van der Waals surface area contributed by atoms with Crippen LogP contribution in [0.1, 0.15) is 12.0 Å². The number of carbonyl (C=O) groups is 2. The van der Waals surface area contributed by atoms with Crippen molar-refractivity contribution in [1.29, 1.82) is 0 Å². The van der Waals surface area contributed by atoms with Crippen molar-refractivity contribution in [3.05, 3.63) is 23.8 Å². The third-order valence-electron chi connectivity index (χ3n) is 3.21. The highest BCUT2D eigenvalue weighted by Gasteiger charge is 2.29. The lowest BCUT2D eigenvalue weighted by molar-refractivity contribution is -0.130. The predicted octanol–water partition coefficient (Wildman–Crippen LogP) is 0.762. The first-order valence-electron chi connectivity index (χ1n) is 6.95. The molecule has 6 nitrogen and oxygen atoms in total. The summed E-state index contributed by atoms with van der Waals surface area (Å²) in [6.45, 7) is 3.25. The van der Waals surface area contributed by atoms with Gasteiger partial charge < -0.3 is 20.3 Å². The zero-order valence-corrected chi connectivity index (χ0v) is 12.6. The van der Waals surface area contributed by atoms with Gasteiger partial charge in [0.25, 0.3) is 5.91 Å². The molecule has 0 spiro atoms. The summed E-state index contributed by atoms with van der Waals surface area (Å²) < 4.78 is 5.61. The zero-order valence-electron chi connectivity index (χ0n) is 12.6. The summed E-state index contributed by atoms with van der Waals surface area (Å²) in [6, 6.07) is 5.56. The molecule has 1 heterocycles. The van der Waals surface area contributed by atoms with Crippen LogP contribution in [0.25, 0.3) is 0 Å². The largest absolute Gasteiger partial charge is 0.478 e. The Balaban J connectivity index is 1.91. The normalized spacial score (nSPS) is 17.0. The van der Waals surface area contributed by atoms with Gasteiger partial charge in [-0.15, -0.1) is 0 Å². The molecular formula is C15H21N3O3. The van der Waals surface area contributed by atoms with Gasteiger partial charge in [0.05, 0.1) is 12.1 Å². The first-order valence-corrected chi connectivity index (χ1v) is 6.95. The third kappa shape index (κ3) is 4.19. The second-order valence-electron chi connectivity index (χ2n) is 5.45. The fourth-order valence-electron chi connectivity index (χ4n) is 2.06. The van der Waals surface area contributed by atoms with E-state index in [1.165, 1.54) is 0 Å². The van der Waals surface area contributed by atoms with Crippen LogP contribution in [-0.2, 0) is 9.59 Å². The van der Waals surface area contributed by atoms with E-state index in [0.717, 1.165) is 12.1 Å². The van der Waals surface area contributed by atoms with Gasteiger partial charge in [0, 0.05) is 13.1 Å². The van der Waals surface area contributed by atoms with E-state index in [1.54, 1.807) is 6.07 Å². The molecule has 0 saturated heterocycles. The summed E-state index contributed by atoms with van der Waals surface area (Å²) in [4.78, 5) is 25.8. The number of hydrogen-bond acceptors (Lipinski definition) is 4. The molecule has 0 fully saturated rings. The highest BCUT2D eigenvalue weighted by Crippen LogP contribution is 2.30. The van der Waals surface area contributed by atoms with Crippen LogP contribution < -0.4 is 15.4 Å². The van der Waals surface area contributed by atoms with E-state index in [1.807, 2.05) is 38.1 Å². The lowest BCUT2D eigenvalue weighted by Gasteiger charge is -2.25. The van der Waals surface area contributed by atoms with Crippen LogP contribution >= 0.6 is 0 Å². The van der Waals surface area contributed by atoms with Gasteiger partial charge in [-0.1, -0.05) is 6.07 Å². The van der Waals surface area contributed by atoms with Crippen LogP contribution in [0.15, 0.2) is 18.2 Å². The first kappa shape index (κ1) is 15.3. The number of carbonyl (C=O) groups excluding carboxylic acids is 2. The Morgan fingerprint density at radius 2 is 2.19 bits per heavy atom. The van der Waals surface area contributed by atoms with Crippen molar-refractivity contribution in [3.63, 3.8) is 0 Å². The number of nitrogens with zero attached hydrogens (tertiary/aromatic N) is 1. The SMILES string of the molecule is Cc1ccc2c(c1)NC(=O)[C@H](CC(=O)NCCN(C)C)O2. The fourth-order valence-corrected chi connectivity index (χ4v) is 2.06. The van der Waals surface area contributed by atoms with Crippen LogP contribution in [0.4, 0.5) is 5.69 Å². The Morgan fingerprint density at radius 3 is 2.90 bits per heavy atom. The summed E-state index contributed by atoms with van der Waals surface area (Å²) >= 11 is 0. The number of fused-ring (bicyclic) bond motifs is 1. The fraction of sp³-hybridized carbons (Fsp3) is 0.467. The number of nitrogens with one attached hydrogen (secondary N) is 2. The molecule has 1 aromatic carbocycles. The van der Waals surface area contributed by atoms with Crippen LogP contribution in [-0.4, -0.2) is 50.0 Å². The Labute approximate surface area is 124 Å². The minimum atomic E-state index is -0.778. The quantitative estimate of drug-likeness (QED) is 0.840. The van der Waals surface area contributed by atoms with E-state index in [-0.39, 0.29) is 18.2 Å². The monoisotopic (exact) mass is 291 g/mol. The second-order valence-corrected chi connectivity index (χ2v) is 5.45. The molecule has 114 valence electrons. The molecule has 2 amide bonds. The van der Waals surface area contributed by atoms with Gasteiger partial charge in [-0.05, 0) is 38.7 Å². The molecule has 0 aliphatic carbocycles. The van der Waals surface area contributed by atoms with E-state index >= 15 is 0 Å². The van der Waals surface area contributed by atoms with E-state index in [9.17, 15) is 9.59 Å². The maximum atomic E-state index is 12.0. The number of amides is 2. The molecule has 0 unspecified atom stereocenters. The number of anilines is 1. The molecule has 1 atom stereocenters. The second kappa shape index (κ2) is 6.58. The maximum Gasteiger partial charge on any atom is 0.266 e. The van der Waals surface area contributed by atoms with Crippen LogP contribution in [0.5, 0.6) is 5.75 Å². The Kier molecular flexibility index (Phi) is 4.80. The molecule has 1 aliphatic heterocycles. The van der Waals surface area contributed by atoms with Crippen molar-refractivity contribution < 1.29 is 14.3 Å². The predicted molar refractivity (Wildman–Crippen MR) is 80.4 cm³/mol. The summed E-state index contributed by atoms with van der Waals surface area (Å²) in [6.07, 6.45) is -0.758. The smallest absolute Gasteiger partial charge is 0.266 e. The molecule has 2 rings (SSSR count). The van der Waals surface area contributed by atoms with E-state index in [4.69, 9.17) is 4.74 Å². The van der Waals surface area contributed by atoms with Gasteiger partial charge >= 0.3 is 0 Å². The average Bonchev–Trinajstić information content (AvgIpc) is 2.39. The molecule has 2 N–H and O–H groups in total. The number of hydrogen-bond donors (Lipinski definition) is 2. The van der Waals surface area contributed by atoms with Crippen molar-refractivity contribution in [2.75, 3.05) is 32.5 Å². The van der Waals surface area contributed by atoms with Crippen molar-refractivity contribution in [1.82, 2.24) is 10.2 Å². The van der Waals surface area contributed by atoms with Gasteiger partial charge in [-0.3, -0.25) is 9.59 Å². The summed E-state index contributed by atoms with van der Waals surface area (Å²) in [5.74, 6) is 0.134. The van der Waals surface area contributed by atoms with Gasteiger partial charge in [0.2, 0.25) is 5.91 Å². The lowest BCUT2D eigenvalue weighted by atomic mass is 10.1. The molecule has 0 saturated carbocycles. The molecule has 0 aromatic heterocycles. The summed E-state index contributed by atoms with van der Waals surface area (Å²) in [7, 11) is 3.87. The van der Waals surface area contributed by atoms with Crippen molar-refractivity contribution >= 4 is 17.5 Å². The van der Waals surface area contributed by atoms with Crippen LogP contribution in [0, 0.1) is 6.92 Å². The number of likely N-dealkylation sites (N-methyl/N-ethyl adjacent to an activating group) is 1. The van der Waals surface area contributed by atoms with Gasteiger partial charge in [0.1, 0.15) is 5.75 Å². The minimum Gasteiger partial charge on any atom is -0.478 e. The maximum absolute atomic E-state index is 12.0. The summed E-state index contributed by atoms with van der Waals surface area (Å²) in [5.41, 5.74) is 1.70. The number of benzene rings is 1. The molecule has 1 aliphatic rings. The zero-order chi connectivity index (χ0) is 15.4. The Morgan fingerprint density at radius 1 is 1.43 bits per heavy atom. The van der Waals surface area contributed by atoms with E-state index in [2.05, 4.69) is 10.6 Å². The minimum absolute atomic E-state index is 0.0204. The van der Waals surface area contributed by atoms with E-state index in [0.29, 0.717) is 18.0 Å². The van der Waals surface area contributed by atoms with Gasteiger partial charge in [-0.25, -0.2) is 0 Å².